The highest BCUT2D eigenvalue weighted by molar-refractivity contribution is 5.94. The fourth-order valence-corrected chi connectivity index (χ4v) is 5.81. The number of carbonyl (C=O) groups is 1. The number of ether oxygens (including phenoxy) is 2. The lowest BCUT2D eigenvalue weighted by molar-refractivity contribution is -0.190. The van der Waals surface area contributed by atoms with Gasteiger partial charge in [-0.1, -0.05) is 30.3 Å². The van der Waals surface area contributed by atoms with Crippen LogP contribution < -0.4 is 4.90 Å². The van der Waals surface area contributed by atoms with E-state index in [2.05, 4.69) is 41.1 Å². The fourth-order valence-electron chi connectivity index (χ4n) is 5.81. The first kappa shape index (κ1) is 23.3. The molecule has 1 aromatic heterocycles. The Kier molecular flexibility index (Phi) is 7.16. The van der Waals surface area contributed by atoms with Crippen LogP contribution in [0.2, 0.25) is 0 Å². The molecule has 0 radical (unpaired) electrons. The predicted molar refractivity (Wildman–Crippen MR) is 133 cm³/mol. The van der Waals surface area contributed by atoms with Crippen LogP contribution in [0.25, 0.3) is 0 Å². The van der Waals surface area contributed by atoms with Gasteiger partial charge in [-0.15, -0.1) is 0 Å². The Hall–Kier alpha value is -2.44. The number of carbonyl (C=O) groups excluding carboxylic acids is 1. The van der Waals surface area contributed by atoms with E-state index >= 15 is 0 Å². The van der Waals surface area contributed by atoms with Gasteiger partial charge in [0.15, 0.2) is 0 Å². The summed E-state index contributed by atoms with van der Waals surface area (Å²) in [5, 5.41) is 0. The molecule has 1 aromatic carbocycles. The number of pyridine rings is 1. The van der Waals surface area contributed by atoms with Gasteiger partial charge >= 0.3 is 0 Å². The van der Waals surface area contributed by atoms with E-state index in [0.717, 1.165) is 44.6 Å². The van der Waals surface area contributed by atoms with Crippen LogP contribution in [-0.4, -0.2) is 60.3 Å². The Morgan fingerprint density at radius 3 is 2.50 bits per heavy atom. The zero-order chi connectivity index (χ0) is 23.4. The van der Waals surface area contributed by atoms with E-state index in [1.807, 2.05) is 23.1 Å². The summed E-state index contributed by atoms with van der Waals surface area (Å²) in [4.78, 5) is 22.1. The van der Waals surface area contributed by atoms with Crippen molar-refractivity contribution in [3.8, 4) is 0 Å². The maximum absolute atomic E-state index is 13.2. The molecule has 0 bridgehead atoms. The summed E-state index contributed by atoms with van der Waals surface area (Å²) in [7, 11) is 0. The highest BCUT2D eigenvalue weighted by Crippen LogP contribution is 2.44. The average molecular weight is 464 g/mol. The second kappa shape index (κ2) is 10.4. The largest absolute Gasteiger partial charge is 0.378 e. The number of hydrogen-bond acceptors (Lipinski definition) is 5. The Balaban J connectivity index is 1.23. The third-order valence-corrected chi connectivity index (χ3v) is 7.68. The van der Waals surface area contributed by atoms with E-state index in [0.29, 0.717) is 25.3 Å². The van der Waals surface area contributed by atoms with Crippen LogP contribution in [-0.2, 0) is 9.47 Å². The Morgan fingerprint density at radius 1 is 1.06 bits per heavy atom. The molecule has 6 nitrogen and oxygen atoms in total. The first-order valence-electron chi connectivity index (χ1n) is 13.0. The minimum atomic E-state index is -0.230. The molecule has 0 N–H and O–H groups in total. The normalized spacial score (nSPS) is 24.9. The van der Waals surface area contributed by atoms with Crippen molar-refractivity contribution in [1.29, 1.82) is 0 Å². The number of likely N-dealkylation sites (tertiary alicyclic amines) is 1. The molecular formula is C28H37N3O3. The van der Waals surface area contributed by atoms with E-state index in [4.69, 9.17) is 9.47 Å². The SMILES string of the molecule is CCOC1CC(c2ccccc2)OC2(CCN(C(=O)c3ccc(N4CCCCC4)nc3)CC2)C1. The number of hydrogen-bond donors (Lipinski definition) is 0. The molecule has 6 heteroatoms. The number of rotatable bonds is 5. The van der Waals surface area contributed by atoms with Crippen molar-refractivity contribution >= 4 is 11.7 Å². The van der Waals surface area contributed by atoms with Crippen molar-refractivity contribution in [2.24, 2.45) is 0 Å². The predicted octanol–water partition coefficient (Wildman–Crippen LogP) is 5.00. The molecule has 2 unspecified atom stereocenters. The highest BCUT2D eigenvalue weighted by Gasteiger charge is 2.45. The maximum atomic E-state index is 13.2. The van der Waals surface area contributed by atoms with Crippen LogP contribution in [0.1, 0.15) is 73.9 Å². The van der Waals surface area contributed by atoms with Crippen molar-refractivity contribution in [2.75, 3.05) is 37.7 Å². The van der Waals surface area contributed by atoms with Crippen molar-refractivity contribution in [1.82, 2.24) is 9.88 Å². The standard InChI is InChI=1S/C28H37N3O3/c1-2-33-24-19-25(22-9-5-3-6-10-22)34-28(20-24)13-17-31(18-14-28)27(32)23-11-12-26(29-21-23)30-15-7-4-8-16-30/h3,5-6,9-12,21,24-25H,2,4,7-8,13-20H2,1H3. The van der Waals surface area contributed by atoms with E-state index in [-0.39, 0.29) is 23.7 Å². The molecule has 3 aliphatic rings. The van der Waals surface area contributed by atoms with Crippen molar-refractivity contribution < 1.29 is 14.3 Å². The van der Waals surface area contributed by atoms with Gasteiger partial charge < -0.3 is 19.3 Å². The van der Waals surface area contributed by atoms with Gasteiger partial charge in [-0.2, -0.15) is 0 Å². The van der Waals surface area contributed by atoms with Crippen molar-refractivity contribution in [3.63, 3.8) is 0 Å². The summed E-state index contributed by atoms with van der Waals surface area (Å²) in [6.07, 6.45) is 9.18. The monoisotopic (exact) mass is 463 g/mol. The van der Waals surface area contributed by atoms with Crippen molar-refractivity contribution in [2.45, 2.75) is 69.7 Å². The van der Waals surface area contributed by atoms with Gasteiger partial charge in [0.05, 0.1) is 23.4 Å². The minimum Gasteiger partial charge on any atom is -0.378 e. The molecule has 2 aromatic rings. The molecule has 3 fully saturated rings. The molecule has 182 valence electrons. The van der Waals surface area contributed by atoms with Gasteiger partial charge in [-0.25, -0.2) is 4.98 Å². The van der Waals surface area contributed by atoms with Crippen LogP contribution in [0, 0.1) is 0 Å². The minimum absolute atomic E-state index is 0.0419. The molecule has 1 amide bonds. The van der Waals surface area contributed by atoms with E-state index in [9.17, 15) is 4.79 Å². The van der Waals surface area contributed by atoms with Gasteiger partial charge in [0.2, 0.25) is 0 Å². The lowest BCUT2D eigenvalue weighted by Gasteiger charge is -2.48. The Bertz CT molecular complexity index is 935. The van der Waals surface area contributed by atoms with Crippen LogP contribution >= 0.6 is 0 Å². The van der Waals surface area contributed by atoms with Gasteiger partial charge in [-0.05, 0) is 56.7 Å². The second-order valence-electron chi connectivity index (χ2n) is 9.96. The number of amides is 1. The number of nitrogens with zero attached hydrogens (tertiary/aromatic N) is 3. The molecule has 2 atom stereocenters. The molecule has 4 heterocycles. The summed E-state index contributed by atoms with van der Waals surface area (Å²) < 4.78 is 12.9. The first-order chi connectivity index (χ1) is 16.7. The quantitative estimate of drug-likeness (QED) is 0.624. The first-order valence-corrected chi connectivity index (χ1v) is 13.0. The Labute approximate surface area is 203 Å². The molecule has 0 saturated carbocycles. The molecular weight excluding hydrogens is 426 g/mol. The van der Waals surface area contributed by atoms with E-state index in [1.54, 1.807) is 6.20 Å². The number of aromatic nitrogens is 1. The van der Waals surface area contributed by atoms with Crippen LogP contribution in [0.15, 0.2) is 48.7 Å². The topological polar surface area (TPSA) is 54.9 Å². The van der Waals surface area contributed by atoms with E-state index < -0.39 is 0 Å². The van der Waals surface area contributed by atoms with Crippen LogP contribution in [0.4, 0.5) is 5.82 Å². The molecule has 3 aliphatic heterocycles. The third kappa shape index (κ3) is 5.13. The van der Waals surface area contributed by atoms with Crippen molar-refractivity contribution in [3.05, 3.63) is 59.8 Å². The summed E-state index contributed by atoms with van der Waals surface area (Å²) in [6, 6.07) is 14.4. The number of benzene rings is 1. The van der Waals surface area contributed by atoms with Gasteiger partial charge in [0, 0.05) is 51.8 Å². The van der Waals surface area contributed by atoms with Crippen LogP contribution in [0.5, 0.6) is 0 Å². The van der Waals surface area contributed by atoms with E-state index in [1.165, 1.54) is 24.8 Å². The molecule has 34 heavy (non-hydrogen) atoms. The summed E-state index contributed by atoms with van der Waals surface area (Å²) in [6.45, 7) is 6.29. The molecule has 3 saturated heterocycles. The lowest BCUT2D eigenvalue weighted by Crippen LogP contribution is -2.52. The third-order valence-electron chi connectivity index (χ3n) is 7.68. The smallest absolute Gasteiger partial charge is 0.255 e. The number of anilines is 1. The van der Waals surface area contributed by atoms with Crippen LogP contribution in [0.3, 0.4) is 0 Å². The lowest BCUT2D eigenvalue weighted by atomic mass is 9.80. The summed E-state index contributed by atoms with van der Waals surface area (Å²) in [5.41, 5.74) is 1.66. The maximum Gasteiger partial charge on any atom is 0.255 e. The van der Waals surface area contributed by atoms with Gasteiger partial charge in [0.25, 0.3) is 5.91 Å². The zero-order valence-electron chi connectivity index (χ0n) is 20.3. The molecule has 0 aliphatic carbocycles. The number of piperidine rings is 2. The molecule has 1 spiro atoms. The highest BCUT2D eigenvalue weighted by atomic mass is 16.5. The zero-order valence-corrected chi connectivity index (χ0v) is 20.3. The second-order valence-corrected chi connectivity index (χ2v) is 9.96. The van der Waals surface area contributed by atoms with Gasteiger partial charge in [-0.3, -0.25) is 4.79 Å². The summed E-state index contributed by atoms with van der Waals surface area (Å²) in [5.74, 6) is 1.06. The fraction of sp³-hybridized carbons (Fsp3) is 0.571. The Morgan fingerprint density at radius 2 is 1.82 bits per heavy atom. The average Bonchev–Trinajstić information content (AvgIpc) is 2.90. The van der Waals surface area contributed by atoms with Gasteiger partial charge in [0.1, 0.15) is 5.82 Å². The molecule has 5 rings (SSSR count). The summed E-state index contributed by atoms with van der Waals surface area (Å²) >= 11 is 0.